The van der Waals surface area contributed by atoms with Crippen LogP contribution in [0.3, 0.4) is 0 Å². The molecule has 0 saturated carbocycles. The summed E-state index contributed by atoms with van der Waals surface area (Å²) in [4.78, 5) is 11.9. The first-order chi connectivity index (χ1) is 17.7. The zero-order valence-corrected chi connectivity index (χ0v) is 21.0. The second-order valence-electron chi connectivity index (χ2n) is 8.73. The smallest absolute Gasteiger partial charge is 0.160 e. The number of methoxy groups -OCH3 is 3. The molecule has 0 radical (unpaired) electrons. The number of hydrogen-bond donors (Lipinski definition) is 0. The Morgan fingerprint density at radius 3 is 2.44 bits per heavy atom. The van der Waals surface area contributed by atoms with Crippen LogP contribution in [0.2, 0.25) is 0 Å². The number of nitrogens with zero attached hydrogens (tertiary/aromatic N) is 3. The van der Waals surface area contributed by atoms with Gasteiger partial charge in [-0.15, -0.1) is 0 Å². The van der Waals surface area contributed by atoms with E-state index in [9.17, 15) is 0 Å². The topological polar surface area (TPSA) is 65.9 Å². The SMILES string of the molecule is COc1ccc2cc(-c3ccnc(CCc4ccc(OC)c(OC)c4)n3)cc(N3CCOCC3)c2c1. The summed E-state index contributed by atoms with van der Waals surface area (Å²) in [6.07, 6.45) is 3.38. The average Bonchev–Trinajstić information content (AvgIpc) is 2.95. The molecule has 0 amide bonds. The van der Waals surface area contributed by atoms with Crippen LogP contribution in [-0.4, -0.2) is 57.6 Å². The van der Waals surface area contributed by atoms with E-state index in [-0.39, 0.29) is 0 Å². The van der Waals surface area contributed by atoms with Crippen molar-refractivity contribution >= 4 is 16.5 Å². The zero-order valence-electron chi connectivity index (χ0n) is 21.0. The lowest BCUT2D eigenvalue weighted by Gasteiger charge is -2.30. The Labute approximate surface area is 211 Å². The summed E-state index contributed by atoms with van der Waals surface area (Å²) in [5.41, 5.74) is 4.31. The van der Waals surface area contributed by atoms with Crippen LogP contribution in [0.15, 0.2) is 60.8 Å². The number of anilines is 1. The minimum Gasteiger partial charge on any atom is -0.497 e. The lowest BCUT2D eigenvalue weighted by molar-refractivity contribution is 0.123. The quantitative estimate of drug-likeness (QED) is 0.350. The molecule has 3 aromatic carbocycles. The molecule has 0 unspecified atom stereocenters. The fraction of sp³-hybridized carbons (Fsp3) is 0.310. The van der Waals surface area contributed by atoms with Crippen LogP contribution >= 0.6 is 0 Å². The molecule has 1 saturated heterocycles. The molecule has 7 heteroatoms. The van der Waals surface area contributed by atoms with E-state index < -0.39 is 0 Å². The number of aryl methyl sites for hydroxylation is 2. The highest BCUT2D eigenvalue weighted by Crippen LogP contribution is 2.35. The van der Waals surface area contributed by atoms with Gasteiger partial charge in [-0.1, -0.05) is 12.1 Å². The van der Waals surface area contributed by atoms with E-state index in [1.165, 1.54) is 11.1 Å². The maximum Gasteiger partial charge on any atom is 0.160 e. The fourth-order valence-electron chi connectivity index (χ4n) is 4.63. The number of morpholine rings is 1. The van der Waals surface area contributed by atoms with E-state index in [0.717, 1.165) is 84.4 Å². The molecule has 2 heterocycles. The molecule has 36 heavy (non-hydrogen) atoms. The van der Waals surface area contributed by atoms with Crippen molar-refractivity contribution < 1.29 is 18.9 Å². The van der Waals surface area contributed by atoms with Gasteiger partial charge < -0.3 is 23.8 Å². The first-order valence-electron chi connectivity index (χ1n) is 12.2. The first kappa shape index (κ1) is 23.9. The zero-order chi connectivity index (χ0) is 24.9. The minimum atomic E-state index is 0.726. The molecule has 1 aliphatic rings. The number of benzene rings is 3. The summed E-state index contributed by atoms with van der Waals surface area (Å²) < 4.78 is 21.9. The van der Waals surface area contributed by atoms with Crippen molar-refractivity contribution in [2.24, 2.45) is 0 Å². The van der Waals surface area contributed by atoms with E-state index >= 15 is 0 Å². The second kappa shape index (κ2) is 10.8. The second-order valence-corrected chi connectivity index (χ2v) is 8.73. The maximum absolute atomic E-state index is 5.60. The molecule has 4 aromatic rings. The predicted molar refractivity (Wildman–Crippen MR) is 142 cm³/mol. The summed E-state index contributed by atoms with van der Waals surface area (Å²) in [6, 6.07) is 18.6. The standard InChI is InChI=1S/C29H31N3O4/c1-33-23-7-6-21-17-22(18-26(24(21)19-23)32-12-14-36-15-13-32)25-10-11-30-29(31-25)9-5-20-4-8-27(34-2)28(16-20)35-3/h4,6-8,10-11,16-19H,5,9,12-15H2,1-3H3. The van der Waals surface area contributed by atoms with Crippen LogP contribution < -0.4 is 19.1 Å². The van der Waals surface area contributed by atoms with Gasteiger partial charge in [0.1, 0.15) is 11.6 Å². The third-order valence-electron chi connectivity index (χ3n) is 6.58. The van der Waals surface area contributed by atoms with Gasteiger partial charge in [0.05, 0.1) is 40.2 Å². The lowest BCUT2D eigenvalue weighted by Crippen LogP contribution is -2.36. The normalized spacial score (nSPS) is 13.6. The Bertz CT molecular complexity index is 1350. The van der Waals surface area contributed by atoms with Gasteiger partial charge in [-0.3, -0.25) is 0 Å². The van der Waals surface area contributed by atoms with E-state index in [4.69, 9.17) is 23.9 Å². The van der Waals surface area contributed by atoms with Gasteiger partial charge in [-0.2, -0.15) is 0 Å². The summed E-state index contributed by atoms with van der Waals surface area (Å²) in [7, 11) is 5.00. The Kier molecular flexibility index (Phi) is 7.18. The summed E-state index contributed by atoms with van der Waals surface area (Å²) in [6.45, 7) is 3.17. The summed E-state index contributed by atoms with van der Waals surface area (Å²) >= 11 is 0. The molecule has 0 spiro atoms. The maximum atomic E-state index is 5.60. The highest BCUT2D eigenvalue weighted by molar-refractivity contribution is 5.98. The van der Waals surface area contributed by atoms with Crippen molar-refractivity contribution in [1.29, 1.82) is 0 Å². The largest absolute Gasteiger partial charge is 0.497 e. The number of ether oxygens (including phenoxy) is 4. The van der Waals surface area contributed by atoms with Crippen molar-refractivity contribution in [2.45, 2.75) is 12.8 Å². The highest BCUT2D eigenvalue weighted by Gasteiger charge is 2.17. The minimum absolute atomic E-state index is 0.726. The molecule has 0 bridgehead atoms. The summed E-state index contributed by atoms with van der Waals surface area (Å²) in [5, 5.41) is 2.32. The Balaban J connectivity index is 1.45. The van der Waals surface area contributed by atoms with Gasteiger partial charge in [-0.25, -0.2) is 9.97 Å². The molecule has 7 nitrogen and oxygen atoms in total. The fourth-order valence-corrected chi connectivity index (χ4v) is 4.63. The number of fused-ring (bicyclic) bond motifs is 1. The monoisotopic (exact) mass is 485 g/mol. The Morgan fingerprint density at radius 2 is 1.67 bits per heavy atom. The van der Waals surface area contributed by atoms with Crippen molar-refractivity contribution in [3.05, 3.63) is 72.2 Å². The van der Waals surface area contributed by atoms with E-state index in [0.29, 0.717) is 0 Å². The van der Waals surface area contributed by atoms with Crippen LogP contribution in [-0.2, 0) is 17.6 Å². The van der Waals surface area contributed by atoms with Gasteiger partial charge in [0, 0.05) is 42.3 Å². The summed E-state index contributed by atoms with van der Waals surface area (Å²) in [5.74, 6) is 3.12. The van der Waals surface area contributed by atoms with Gasteiger partial charge >= 0.3 is 0 Å². The van der Waals surface area contributed by atoms with Crippen molar-refractivity contribution in [1.82, 2.24) is 9.97 Å². The van der Waals surface area contributed by atoms with Crippen LogP contribution in [0, 0.1) is 0 Å². The Morgan fingerprint density at radius 1 is 0.833 bits per heavy atom. The van der Waals surface area contributed by atoms with Crippen molar-refractivity contribution in [3.63, 3.8) is 0 Å². The molecule has 186 valence electrons. The molecular weight excluding hydrogens is 454 g/mol. The van der Waals surface area contributed by atoms with Gasteiger partial charge in [0.2, 0.25) is 0 Å². The lowest BCUT2D eigenvalue weighted by atomic mass is 10.0. The molecule has 0 atom stereocenters. The van der Waals surface area contributed by atoms with E-state index in [1.807, 2.05) is 30.5 Å². The molecule has 1 aromatic heterocycles. The van der Waals surface area contributed by atoms with E-state index in [1.54, 1.807) is 21.3 Å². The molecule has 1 fully saturated rings. The highest BCUT2D eigenvalue weighted by atomic mass is 16.5. The van der Waals surface area contributed by atoms with Crippen LogP contribution in [0.1, 0.15) is 11.4 Å². The number of rotatable bonds is 8. The number of aromatic nitrogens is 2. The van der Waals surface area contributed by atoms with Gasteiger partial charge in [-0.05, 0) is 59.8 Å². The Hall–Kier alpha value is -3.84. The molecule has 0 N–H and O–H groups in total. The van der Waals surface area contributed by atoms with Gasteiger partial charge in [0.25, 0.3) is 0 Å². The van der Waals surface area contributed by atoms with Crippen LogP contribution in [0.5, 0.6) is 17.2 Å². The van der Waals surface area contributed by atoms with E-state index in [2.05, 4.69) is 40.2 Å². The third-order valence-corrected chi connectivity index (χ3v) is 6.58. The van der Waals surface area contributed by atoms with Crippen molar-refractivity contribution in [2.75, 3.05) is 52.5 Å². The first-order valence-corrected chi connectivity index (χ1v) is 12.2. The molecule has 5 rings (SSSR count). The predicted octanol–water partition coefficient (Wildman–Crippen LogP) is 4.94. The average molecular weight is 486 g/mol. The molecular formula is C29H31N3O4. The third kappa shape index (κ3) is 5.06. The molecule has 1 aliphatic heterocycles. The number of hydrogen-bond acceptors (Lipinski definition) is 7. The van der Waals surface area contributed by atoms with Crippen LogP contribution in [0.25, 0.3) is 22.0 Å². The molecule has 0 aliphatic carbocycles. The van der Waals surface area contributed by atoms with Crippen LogP contribution in [0.4, 0.5) is 5.69 Å². The van der Waals surface area contributed by atoms with Gasteiger partial charge in [0.15, 0.2) is 11.5 Å². The van der Waals surface area contributed by atoms with Crippen molar-refractivity contribution in [3.8, 4) is 28.5 Å².